The summed E-state index contributed by atoms with van der Waals surface area (Å²) in [6.07, 6.45) is 4.40. The number of aromatic nitrogens is 1. The minimum absolute atomic E-state index is 0.707. The van der Waals surface area contributed by atoms with Gasteiger partial charge in [0.2, 0.25) is 5.89 Å². The van der Waals surface area contributed by atoms with Gasteiger partial charge in [0.15, 0.2) is 0 Å². The van der Waals surface area contributed by atoms with Crippen LogP contribution in [0.3, 0.4) is 0 Å². The summed E-state index contributed by atoms with van der Waals surface area (Å²) >= 11 is 1.82. The molecule has 0 bridgehead atoms. The molecule has 112 valence electrons. The smallest absolute Gasteiger partial charge is 0.226 e. The molecule has 2 aromatic heterocycles. The van der Waals surface area contributed by atoms with E-state index < -0.39 is 0 Å². The molecule has 2 heterocycles. The van der Waals surface area contributed by atoms with Gasteiger partial charge in [0, 0.05) is 29.6 Å². The quantitative estimate of drug-likeness (QED) is 0.668. The van der Waals surface area contributed by atoms with E-state index in [4.69, 9.17) is 4.42 Å². The second kappa shape index (κ2) is 6.07. The van der Waals surface area contributed by atoms with Crippen LogP contribution in [0.15, 0.2) is 58.5 Å². The lowest BCUT2D eigenvalue weighted by molar-refractivity contribution is 0.245. The predicted octanol–water partition coefficient (Wildman–Crippen LogP) is 4.57. The van der Waals surface area contributed by atoms with Crippen molar-refractivity contribution in [3.63, 3.8) is 0 Å². The number of hydrogen-bond acceptors (Lipinski definition) is 4. The molecule has 0 unspecified atom stereocenters. The first-order chi connectivity index (χ1) is 10.9. The molecule has 0 amide bonds. The number of rotatable bonds is 6. The Morgan fingerprint density at radius 2 is 1.95 bits per heavy atom. The Balaban J connectivity index is 1.48. The summed E-state index contributed by atoms with van der Waals surface area (Å²) in [5.41, 5.74) is 2.05. The van der Waals surface area contributed by atoms with Gasteiger partial charge >= 0.3 is 0 Å². The fraction of sp³-hybridized carbons (Fsp3) is 0.278. The zero-order valence-electron chi connectivity index (χ0n) is 12.3. The zero-order valence-corrected chi connectivity index (χ0v) is 13.1. The number of oxazole rings is 1. The summed E-state index contributed by atoms with van der Waals surface area (Å²) in [6.45, 7) is 1.87. The van der Waals surface area contributed by atoms with Crippen molar-refractivity contribution in [2.24, 2.45) is 0 Å². The van der Waals surface area contributed by atoms with E-state index in [1.807, 2.05) is 41.7 Å². The highest BCUT2D eigenvalue weighted by atomic mass is 32.1. The molecule has 0 radical (unpaired) electrons. The maximum Gasteiger partial charge on any atom is 0.226 e. The third-order valence-electron chi connectivity index (χ3n) is 3.94. The van der Waals surface area contributed by atoms with Crippen molar-refractivity contribution in [1.82, 2.24) is 9.88 Å². The highest BCUT2D eigenvalue weighted by Gasteiger charge is 2.29. The van der Waals surface area contributed by atoms with Crippen LogP contribution in [-0.2, 0) is 13.1 Å². The van der Waals surface area contributed by atoms with Crippen LogP contribution in [0.4, 0.5) is 0 Å². The van der Waals surface area contributed by atoms with Crippen LogP contribution in [0.2, 0.25) is 0 Å². The molecule has 4 heteroatoms. The minimum Gasteiger partial charge on any atom is -0.444 e. The molecule has 0 spiro atoms. The van der Waals surface area contributed by atoms with Gasteiger partial charge in [-0.15, -0.1) is 11.3 Å². The molecule has 0 aliphatic heterocycles. The second-order valence-electron chi connectivity index (χ2n) is 5.73. The lowest BCUT2D eigenvalue weighted by Crippen LogP contribution is -2.24. The largest absolute Gasteiger partial charge is 0.444 e. The highest BCUT2D eigenvalue weighted by molar-refractivity contribution is 7.09. The van der Waals surface area contributed by atoms with E-state index in [9.17, 15) is 0 Å². The highest BCUT2D eigenvalue weighted by Crippen LogP contribution is 2.31. The fourth-order valence-electron chi connectivity index (χ4n) is 2.66. The monoisotopic (exact) mass is 310 g/mol. The van der Waals surface area contributed by atoms with Crippen LogP contribution in [0, 0.1) is 0 Å². The maximum atomic E-state index is 5.65. The lowest BCUT2D eigenvalue weighted by Gasteiger charge is -2.19. The summed E-state index contributed by atoms with van der Waals surface area (Å²) in [6, 6.07) is 15.1. The molecule has 1 aliphatic carbocycles. The predicted molar refractivity (Wildman–Crippen MR) is 88.5 cm³/mol. The van der Waals surface area contributed by atoms with Crippen LogP contribution in [0.1, 0.15) is 23.4 Å². The lowest BCUT2D eigenvalue weighted by atomic mass is 10.2. The molecule has 3 nitrogen and oxygen atoms in total. The summed E-state index contributed by atoms with van der Waals surface area (Å²) in [5.74, 6) is 0.711. The van der Waals surface area contributed by atoms with Gasteiger partial charge in [-0.3, -0.25) is 4.90 Å². The Bertz CT molecular complexity index is 717. The van der Waals surface area contributed by atoms with E-state index in [-0.39, 0.29) is 0 Å². The van der Waals surface area contributed by atoms with Gasteiger partial charge < -0.3 is 4.42 Å². The Kier molecular flexibility index (Phi) is 3.79. The summed E-state index contributed by atoms with van der Waals surface area (Å²) in [4.78, 5) is 8.58. The molecule has 0 atom stereocenters. The minimum atomic E-state index is 0.707. The molecule has 4 rings (SSSR count). The Morgan fingerprint density at radius 3 is 2.68 bits per heavy atom. The molecular weight excluding hydrogens is 292 g/mol. The average molecular weight is 310 g/mol. The van der Waals surface area contributed by atoms with Crippen molar-refractivity contribution in [3.8, 4) is 11.5 Å². The molecule has 0 saturated heterocycles. The molecule has 0 N–H and O–H groups in total. The average Bonchev–Trinajstić information content (AvgIpc) is 3.08. The van der Waals surface area contributed by atoms with Crippen molar-refractivity contribution in [2.75, 3.05) is 0 Å². The van der Waals surface area contributed by atoms with Crippen molar-refractivity contribution in [3.05, 3.63) is 64.7 Å². The Morgan fingerprint density at radius 1 is 1.09 bits per heavy atom. The van der Waals surface area contributed by atoms with Gasteiger partial charge in [0.1, 0.15) is 6.26 Å². The standard InChI is InChI=1S/C18H18N2OS/c1-2-5-14(6-3-1)18-19-15(13-21-18)11-20(16-8-9-16)12-17-7-4-10-22-17/h1-7,10,13,16H,8-9,11-12H2. The molecule has 3 aromatic rings. The number of benzene rings is 1. The number of nitrogens with zero attached hydrogens (tertiary/aromatic N) is 2. The van der Waals surface area contributed by atoms with Crippen LogP contribution in [-0.4, -0.2) is 15.9 Å². The zero-order chi connectivity index (χ0) is 14.8. The molecule has 1 fully saturated rings. The van der Waals surface area contributed by atoms with Crippen molar-refractivity contribution >= 4 is 11.3 Å². The van der Waals surface area contributed by atoms with Crippen LogP contribution in [0.25, 0.3) is 11.5 Å². The first-order valence-electron chi connectivity index (χ1n) is 7.65. The summed E-state index contributed by atoms with van der Waals surface area (Å²) in [7, 11) is 0. The van der Waals surface area contributed by atoms with Crippen LogP contribution >= 0.6 is 11.3 Å². The van der Waals surface area contributed by atoms with Gasteiger partial charge in [0.05, 0.1) is 5.69 Å². The fourth-order valence-corrected chi connectivity index (χ4v) is 3.39. The van der Waals surface area contributed by atoms with E-state index in [0.29, 0.717) is 11.9 Å². The van der Waals surface area contributed by atoms with E-state index in [0.717, 1.165) is 24.3 Å². The van der Waals surface area contributed by atoms with Crippen molar-refractivity contribution in [2.45, 2.75) is 32.0 Å². The first-order valence-corrected chi connectivity index (χ1v) is 8.53. The molecule has 1 aliphatic rings. The first kappa shape index (κ1) is 13.7. The molecule has 1 aromatic carbocycles. The van der Waals surface area contributed by atoms with Crippen LogP contribution in [0.5, 0.6) is 0 Å². The number of hydrogen-bond donors (Lipinski definition) is 0. The Hall–Kier alpha value is -1.91. The SMILES string of the molecule is c1ccc(-c2nc(CN(Cc3cccs3)C3CC3)co2)cc1. The summed E-state index contributed by atoms with van der Waals surface area (Å²) < 4.78 is 5.65. The van der Waals surface area contributed by atoms with E-state index >= 15 is 0 Å². The van der Waals surface area contributed by atoms with Gasteiger partial charge in [-0.1, -0.05) is 24.3 Å². The van der Waals surface area contributed by atoms with E-state index in [1.165, 1.54) is 17.7 Å². The molecule has 22 heavy (non-hydrogen) atoms. The molecular formula is C18H18N2OS. The van der Waals surface area contributed by atoms with Gasteiger partial charge in [-0.05, 0) is 36.4 Å². The van der Waals surface area contributed by atoms with Crippen molar-refractivity contribution in [1.29, 1.82) is 0 Å². The number of thiophene rings is 1. The third kappa shape index (κ3) is 3.13. The van der Waals surface area contributed by atoms with Gasteiger partial charge in [-0.2, -0.15) is 0 Å². The molecule has 1 saturated carbocycles. The summed E-state index contributed by atoms with van der Waals surface area (Å²) in [5, 5.41) is 2.14. The third-order valence-corrected chi connectivity index (χ3v) is 4.80. The van der Waals surface area contributed by atoms with Crippen LogP contribution < -0.4 is 0 Å². The van der Waals surface area contributed by atoms with E-state index in [1.54, 1.807) is 6.26 Å². The Labute approximate surface area is 134 Å². The van der Waals surface area contributed by atoms with Gasteiger partial charge in [0.25, 0.3) is 0 Å². The normalized spacial score (nSPS) is 14.6. The maximum absolute atomic E-state index is 5.65. The van der Waals surface area contributed by atoms with Gasteiger partial charge in [-0.25, -0.2) is 4.98 Å². The topological polar surface area (TPSA) is 29.3 Å². The second-order valence-corrected chi connectivity index (χ2v) is 6.76. The van der Waals surface area contributed by atoms with E-state index in [2.05, 4.69) is 27.4 Å². The van der Waals surface area contributed by atoms with Crippen molar-refractivity contribution < 1.29 is 4.42 Å².